The summed E-state index contributed by atoms with van der Waals surface area (Å²) in [6, 6.07) is 0. The van der Waals surface area contributed by atoms with Crippen LogP contribution in [0.5, 0.6) is 0 Å². The first kappa shape index (κ1) is 14.0. The zero-order valence-corrected chi connectivity index (χ0v) is 12.5. The molecule has 1 aromatic rings. The average molecular weight is 287 g/mol. The third-order valence-corrected chi connectivity index (χ3v) is 4.29. The summed E-state index contributed by atoms with van der Waals surface area (Å²) in [5, 5.41) is 11.0. The highest BCUT2D eigenvalue weighted by molar-refractivity contribution is 5.74. The normalized spacial score (nSPS) is 21.4. The van der Waals surface area contributed by atoms with Crippen molar-refractivity contribution < 1.29 is 0 Å². The molecule has 1 saturated heterocycles. The quantitative estimate of drug-likeness (QED) is 0.769. The van der Waals surface area contributed by atoms with Crippen LogP contribution in [0.2, 0.25) is 0 Å². The van der Waals surface area contributed by atoms with Crippen molar-refractivity contribution in [3.8, 4) is 11.8 Å². The fourth-order valence-electron chi connectivity index (χ4n) is 3.16. The number of aryl methyl sites for hydroxylation is 1. The van der Waals surface area contributed by atoms with Crippen LogP contribution < -0.4 is 21.1 Å². The highest BCUT2D eigenvalue weighted by Gasteiger charge is 2.37. The predicted molar refractivity (Wildman–Crippen MR) is 83.3 cm³/mol. The highest BCUT2D eigenvalue weighted by Crippen LogP contribution is 2.35. The minimum atomic E-state index is -0.0608. The van der Waals surface area contributed by atoms with Crippen LogP contribution in [0.4, 0.5) is 11.4 Å². The van der Waals surface area contributed by atoms with E-state index in [0.29, 0.717) is 18.2 Å². The molecule has 0 amide bonds. The zero-order valence-electron chi connectivity index (χ0n) is 12.5. The summed E-state index contributed by atoms with van der Waals surface area (Å²) in [5.41, 5.74) is 1.48. The van der Waals surface area contributed by atoms with Crippen LogP contribution in [0.15, 0.2) is 11.0 Å². The molecule has 6 nitrogen and oxygen atoms in total. The van der Waals surface area contributed by atoms with Crippen LogP contribution in [-0.4, -0.2) is 35.6 Å². The molecule has 1 aromatic heterocycles. The minimum Gasteiger partial charge on any atom is -0.362 e. The number of anilines is 2. The van der Waals surface area contributed by atoms with Gasteiger partial charge in [-0.1, -0.05) is 5.92 Å². The van der Waals surface area contributed by atoms with Crippen molar-refractivity contribution in [2.24, 2.45) is 13.0 Å². The molecule has 1 unspecified atom stereocenters. The van der Waals surface area contributed by atoms with E-state index in [0.717, 1.165) is 31.6 Å². The van der Waals surface area contributed by atoms with Gasteiger partial charge in [-0.05, 0) is 32.9 Å². The first-order chi connectivity index (χ1) is 10.2. The van der Waals surface area contributed by atoms with E-state index in [2.05, 4.69) is 32.5 Å². The Hall–Kier alpha value is -2.00. The molecule has 112 valence electrons. The van der Waals surface area contributed by atoms with Gasteiger partial charge in [-0.2, -0.15) is 5.10 Å². The number of hydrogen-bond donors (Lipinski definition) is 2. The van der Waals surface area contributed by atoms with Crippen molar-refractivity contribution in [1.29, 1.82) is 0 Å². The molecule has 2 aliphatic rings. The standard InChI is InChI=1S/C15H21N5O/c1-3-4-9-20-13-12(10-17-19(2)15(13)21)18-14(20)11-5-7-16-8-6-11/h10-11,14,16,18H,5-9H2,1-2H3. The van der Waals surface area contributed by atoms with Crippen LogP contribution in [-0.2, 0) is 7.05 Å². The maximum absolute atomic E-state index is 12.4. The van der Waals surface area contributed by atoms with E-state index in [4.69, 9.17) is 0 Å². The van der Waals surface area contributed by atoms with Gasteiger partial charge in [0.05, 0.1) is 18.4 Å². The summed E-state index contributed by atoms with van der Waals surface area (Å²) in [5.74, 6) is 6.54. The number of piperidine rings is 1. The van der Waals surface area contributed by atoms with Crippen LogP contribution in [0.25, 0.3) is 0 Å². The predicted octanol–water partition coefficient (Wildman–Crippen LogP) is 0.361. The molecule has 2 N–H and O–H groups in total. The van der Waals surface area contributed by atoms with Crippen molar-refractivity contribution in [2.75, 3.05) is 29.9 Å². The first-order valence-electron chi connectivity index (χ1n) is 7.42. The van der Waals surface area contributed by atoms with Gasteiger partial charge in [-0.3, -0.25) is 4.79 Å². The molecule has 0 aliphatic carbocycles. The van der Waals surface area contributed by atoms with Gasteiger partial charge in [0.15, 0.2) is 0 Å². The van der Waals surface area contributed by atoms with Crippen molar-refractivity contribution in [1.82, 2.24) is 15.1 Å². The van der Waals surface area contributed by atoms with E-state index in [1.54, 1.807) is 13.2 Å². The molecular weight excluding hydrogens is 266 g/mol. The van der Waals surface area contributed by atoms with E-state index >= 15 is 0 Å². The van der Waals surface area contributed by atoms with E-state index in [1.807, 2.05) is 6.92 Å². The van der Waals surface area contributed by atoms with E-state index in [-0.39, 0.29) is 11.7 Å². The fraction of sp³-hybridized carbons (Fsp3) is 0.600. The maximum atomic E-state index is 12.4. The van der Waals surface area contributed by atoms with Crippen LogP contribution in [0.3, 0.4) is 0 Å². The summed E-state index contributed by atoms with van der Waals surface area (Å²) >= 11 is 0. The van der Waals surface area contributed by atoms with Gasteiger partial charge in [0.25, 0.3) is 5.56 Å². The van der Waals surface area contributed by atoms with Crippen molar-refractivity contribution in [2.45, 2.75) is 25.9 Å². The van der Waals surface area contributed by atoms with Crippen molar-refractivity contribution in [3.63, 3.8) is 0 Å². The van der Waals surface area contributed by atoms with E-state index in [1.165, 1.54) is 4.68 Å². The number of hydrogen-bond acceptors (Lipinski definition) is 5. The van der Waals surface area contributed by atoms with Gasteiger partial charge >= 0.3 is 0 Å². The molecule has 3 rings (SSSR count). The lowest BCUT2D eigenvalue weighted by molar-refractivity contribution is 0.331. The lowest BCUT2D eigenvalue weighted by Gasteiger charge is -2.34. The van der Waals surface area contributed by atoms with E-state index < -0.39 is 0 Å². The lowest BCUT2D eigenvalue weighted by atomic mass is 9.94. The van der Waals surface area contributed by atoms with Crippen molar-refractivity contribution >= 4 is 11.4 Å². The maximum Gasteiger partial charge on any atom is 0.292 e. The number of rotatable bonds is 2. The smallest absolute Gasteiger partial charge is 0.292 e. The Morgan fingerprint density at radius 3 is 2.90 bits per heavy atom. The number of nitrogens with zero attached hydrogens (tertiary/aromatic N) is 3. The molecule has 21 heavy (non-hydrogen) atoms. The Bertz CT molecular complexity index is 636. The summed E-state index contributed by atoms with van der Waals surface area (Å²) in [4.78, 5) is 14.5. The van der Waals surface area contributed by atoms with Gasteiger partial charge in [-0.15, -0.1) is 5.92 Å². The summed E-state index contributed by atoms with van der Waals surface area (Å²) in [7, 11) is 1.68. The van der Waals surface area contributed by atoms with E-state index in [9.17, 15) is 4.79 Å². The SMILES string of the molecule is CC#CCN1c2c(cnn(C)c2=O)NC1C1CCNCC1. The fourth-order valence-corrected chi connectivity index (χ4v) is 3.16. The molecule has 0 bridgehead atoms. The van der Waals surface area contributed by atoms with Gasteiger partial charge in [-0.25, -0.2) is 4.68 Å². The molecule has 3 heterocycles. The minimum absolute atomic E-state index is 0.0608. The largest absolute Gasteiger partial charge is 0.362 e. The number of nitrogens with one attached hydrogen (secondary N) is 2. The Morgan fingerprint density at radius 1 is 1.43 bits per heavy atom. The monoisotopic (exact) mass is 287 g/mol. The topological polar surface area (TPSA) is 62.2 Å². The highest BCUT2D eigenvalue weighted by atomic mass is 16.1. The number of aromatic nitrogens is 2. The summed E-state index contributed by atoms with van der Waals surface area (Å²) in [6.07, 6.45) is 4.09. The average Bonchev–Trinajstić information content (AvgIpc) is 2.89. The Kier molecular flexibility index (Phi) is 3.84. The Morgan fingerprint density at radius 2 is 2.19 bits per heavy atom. The van der Waals surface area contributed by atoms with Crippen LogP contribution >= 0.6 is 0 Å². The van der Waals surface area contributed by atoms with Gasteiger partial charge < -0.3 is 15.5 Å². The lowest BCUT2D eigenvalue weighted by Crippen LogP contribution is -2.47. The molecule has 0 aromatic carbocycles. The second-order valence-electron chi connectivity index (χ2n) is 5.57. The van der Waals surface area contributed by atoms with Gasteiger partial charge in [0.2, 0.25) is 0 Å². The molecular formula is C15H21N5O. The third-order valence-electron chi connectivity index (χ3n) is 4.29. The molecule has 0 radical (unpaired) electrons. The summed E-state index contributed by atoms with van der Waals surface area (Å²) < 4.78 is 1.39. The van der Waals surface area contributed by atoms with Gasteiger partial charge in [0, 0.05) is 13.0 Å². The molecule has 1 atom stereocenters. The molecule has 0 spiro atoms. The zero-order chi connectivity index (χ0) is 14.8. The third kappa shape index (κ3) is 2.49. The van der Waals surface area contributed by atoms with Crippen LogP contribution in [0.1, 0.15) is 19.8 Å². The molecule has 0 saturated carbocycles. The molecule has 2 aliphatic heterocycles. The Balaban J connectivity index is 1.96. The number of fused-ring (bicyclic) bond motifs is 1. The second-order valence-corrected chi connectivity index (χ2v) is 5.57. The van der Waals surface area contributed by atoms with Gasteiger partial charge in [0.1, 0.15) is 11.9 Å². The summed E-state index contributed by atoms with van der Waals surface area (Å²) in [6.45, 7) is 4.46. The van der Waals surface area contributed by atoms with Crippen LogP contribution in [0, 0.1) is 17.8 Å². The Labute approximate surface area is 124 Å². The first-order valence-corrected chi connectivity index (χ1v) is 7.42. The molecule has 1 fully saturated rings. The second kappa shape index (κ2) is 5.78. The molecule has 6 heteroatoms. The van der Waals surface area contributed by atoms with Crippen molar-refractivity contribution in [3.05, 3.63) is 16.6 Å².